The Morgan fingerprint density at radius 3 is 2.34 bits per heavy atom. The number of hydrogen-bond donors (Lipinski definition) is 2. The van der Waals surface area contributed by atoms with Crippen molar-refractivity contribution in [2.45, 2.75) is 52.7 Å². The Hall–Kier alpha value is -2.97. The number of anilines is 2. The van der Waals surface area contributed by atoms with Gasteiger partial charge in [-0.05, 0) is 53.7 Å². The number of nitrogens with one attached hydrogen (secondary N) is 1. The maximum atomic E-state index is 12.9. The molecule has 0 unspecified atom stereocenters. The summed E-state index contributed by atoms with van der Waals surface area (Å²) < 4.78 is 12.2. The van der Waals surface area contributed by atoms with Crippen molar-refractivity contribution in [1.82, 2.24) is 14.9 Å². The Bertz CT molecular complexity index is 893. The molecule has 1 aromatic carbocycles. The molecule has 2 rings (SSSR count). The highest BCUT2D eigenvalue weighted by Crippen LogP contribution is 2.27. The van der Waals surface area contributed by atoms with Crippen LogP contribution in [-0.4, -0.2) is 53.1 Å². The van der Waals surface area contributed by atoms with Crippen LogP contribution in [-0.2, 0) is 9.47 Å². The standard InChI is InChI=1S/C20H31N5O4/c1-19(2,3)28-17(26)22-11-12-24(7)16-23-15-13(21)9-8-10-14(15)25(16)18(27)29-20(4,5)6/h8-10H,11-12,21H2,1-7H3,(H,22,26). The number of aromatic nitrogens is 2. The summed E-state index contributed by atoms with van der Waals surface area (Å²) in [6.07, 6.45) is -1.05. The quantitative estimate of drug-likeness (QED) is 0.750. The number of ether oxygens (including phenoxy) is 2. The topological polar surface area (TPSA) is 112 Å². The number of rotatable bonds is 4. The Kier molecular flexibility index (Phi) is 6.30. The molecule has 0 atom stereocenters. The summed E-state index contributed by atoms with van der Waals surface area (Å²) in [4.78, 5) is 31.0. The van der Waals surface area contributed by atoms with E-state index in [0.29, 0.717) is 35.8 Å². The molecule has 0 bridgehead atoms. The van der Waals surface area contributed by atoms with E-state index >= 15 is 0 Å². The number of fused-ring (bicyclic) bond motifs is 1. The lowest BCUT2D eigenvalue weighted by Gasteiger charge is -2.24. The van der Waals surface area contributed by atoms with Crippen LogP contribution in [0.5, 0.6) is 0 Å². The number of para-hydroxylation sites is 1. The van der Waals surface area contributed by atoms with Gasteiger partial charge in [-0.3, -0.25) is 0 Å². The fraction of sp³-hybridized carbons (Fsp3) is 0.550. The third kappa shape index (κ3) is 6.00. The number of carbonyl (C=O) groups is 2. The predicted molar refractivity (Wildman–Crippen MR) is 113 cm³/mol. The number of benzene rings is 1. The largest absolute Gasteiger partial charge is 0.444 e. The summed E-state index contributed by atoms with van der Waals surface area (Å²) in [6, 6.07) is 5.25. The second-order valence-corrected chi connectivity index (χ2v) is 8.79. The molecule has 0 fully saturated rings. The zero-order chi connectivity index (χ0) is 22.0. The number of imidazole rings is 1. The van der Waals surface area contributed by atoms with Gasteiger partial charge in [0.2, 0.25) is 5.95 Å². The van der Waals surface area contributed by atoms with Gasteiger partial charge in [-0.25, -0.2) is 19.1 Å². The van der Waals surface area contributed by atoms with Gasteiger partial charge >= 0.3 is 12.2 Å². The van der Waals surface area contributed by atoms with E-state index in [2.05, 4.69) is 10.3 Å². The van der Waals surface area contributed by atoms with E-state index in [1.165, 1.54) is 4.57 Å². The van der Waals surface area contributed by atoms with Gasteiger partial charge < -0.3 is 25.4 Å². The van der Waals surface area contributed by atoms with Crippen molar-refractivity contribution in [2.24, 2.45) is 0 Å². The Morgan fingerprint density at radius 2 is 1.76 bits per heavy atom. The number of likely N-dealkylation sites (N-methyl/N-ethyl adjacent to an activating group) is 1. The molecule has 0 saturated heterocycles. The summed E-state index contributed by atoms with van der Waals surface area (Å²) >= 11 is 0. The number of alkyl carbamates (subject to hydrolysis) is 1. The first kappa shape index (κ1) is 22.3. The summed E-state index contributed by atoms with van der Waals surface area (Å²) in [5, 5.41) is 2.69. The summed E-state index contributed by atoms with van der Waals surface area (Å²) in [6.45, 7) is 11.5. The van der Waals surface area contributed by atoms with Crippen LogP contribution >= 0.6 is 0 Å². The third-order valence-electron chi connectivity index (χ3n) is 3.73. The Balaban J connectivity index is 2.24. The van der Waals surface area contributed by atoms with E-state index in [-0.39, 0.29) is 0 Å². The van der Waals surface area contributed by atoms with E-state index in [0.717, 1.165) is 0 Å². The highest BCUT2D eigenvalue weighted by molar-refractivity contribution is 5.96. The zero-order valence-corrected chi connectivity index (χ0v) is 18.2. The van der Waals surface area contributed by atoms with E-state index in [1.807, 2.05) is 0 Å². The van der Waals surface area contributed by atoms with E-state index in [9.17, 15) is 9.59 Å². The molecule has 1 heterocycles. The average molecular weight is 405 g/mol. The molecule has 0 aliphatic rings. The number of nitrogens with zero attached hydrogens (tertiary/aromatic N) is 3. The highest BCUT2D eigenvalue weighted by atomic mass is 16.6. The van der Waals surface area contributed by atoms with Crippen LogP contribution < -0.4 is 16.0 Å². The van der Waals surface area contributed by atoms with Gasteiger partial charge in [0.1, 0.15) is 16.7 Å². The minimum absolute atomic E-state index is 0.304. The van der Waals surface area contributed by atoms with Crippen molar-refractivity contribution in [1.29, 1.82) is 0 Å². The van der Waals surface area contributed by atoms with Crippen molar-refractivity contribution in [3.05, 3.63) is 18.2 Å². The van der Waals surface area contributed by atoms with Crippen molar-refractivity contribution in [3.8, 4) is 0 Å². The molecule has 9 heteroatoms. The number of nitrogen functional groups attached to an aromatic ring is 1. The lowest BCUT2D eigenvalue weighted by Crippen LogP contribution is -2.38. The van der Waals surface area contributed by atoms with Crippen LogP contribution in [0.3, 0.4) is 0 Å². The fourth-order valence-electron chi connectivity index (χ4n) is 2.59. The molecule has 0 spiro atoms. The number of hydrogen-bond acceptors (Lipinski definition) is 7. The minimum atomic E-state index is -0.665. The number of amides is 1. The van der Waals surface area contributed by atoms with Gasteiger partial charge in [-0.2, -0.15) is 0 Å². The zero-order valence-electron chi connectivity index (χ0n) is 18.2. The van der Waals surface area contributed by atoms with E-state index < -0.39 is 23.4 Å². The monoisotopic (exact) mass is 405 g/mol. The first-order chi connectivity index (χ1) is 13.3. The van der Waals surface area contributed by atoms with Crippen molar-refractivity contribution < 1.29 is 19.1 Å². The van der Waals surface area contributed by atoms with Gasteiger partial charge in [0.15, 0.2) is 0 Å². The smallest absolute Gasteiger partial charge is 0.421 e. The molecule has 2 aromatic rings. The fourth-order valence-corrected chi connectivity index (χ4v) is 2.59. The third-order valence-corrected chi connectivity index (χ3v) is 3.73. The SMILES string of the molecule is CN(CCNC(=O)OC(C)(C)C)c1nc2c(N)cccc2n1C(=O)OC(C)(C)C. The maximum Gasteiger partial charge on any atom is 0.421 e. The van der Waals surface area contributed by atoms with Crippen molar-refractivity contribution in [3.63, 3.8) is 0 Å². The Morgan fingerprint density at radius 1 is 1.14 bits per heavy atom. The van der Waals surface area contributed by atoms with Crippen LogP contribution in [0.2, 0.25) is 0 Å². The van der Waals surface area contributed by atoms with Gasteiger partial charge in [0.25, 0.3) is 0 Å². The van der Waals surface area contributed by atoms with Crippen molar-refractivity contribution >= 4 is 34.9 Å². The van der Waals surface area contributed by atoms with Gasteiger partial charge in [0, 0.05) is 20.1 Å². The molecule has 29 heavy (non-hydrogen) atoms. The van der Waals surface area contributed by atoms with Crippen LogP contribution in [0, 0.1) is 0 Å². The van der Waals surface area contributed by atoms with Gasteiger partial charge in [-0.1, -0.05) is 6.07 Å². The van der Waals surface area contributed by atoms with Crippen LogP contribution in [0.15, 0.2) is 18.2 Å². The second-order valence-electron chi connectivity index (χ2n) is 8.79. The molecule has 3 N–H and O–H groups in total. The molecule has 1 aromatic heterocycles. The minimum Gasteiger partial charge on any atom is -0.444 e. The van der Waals surface area contributed by atoms with E-state index in [4.69, 9.17) is 15.2 Å². The number of nitrogens with two attached hydrogens (primary N) is 1. The van der Waals surface area contributed by atoms with Crippen molar-refractivity contribution in [2.75, 3.05) is 30.8 Å². The van der Waals surface area contributed by atoms with E-state index in [1.54, 1.807) is 71.7 Å². The van der Waals surface area contributed by atoms with Crippen LogP contribution in [0.4, 0.5) is 21.2 Å². The molecule has 0 aliphatic carbocycles. The molecule has 0 saturated carbocycles. The molecule has 9 nitrogen and oxygen atoms in total. The van der Waals surface area contributed by atoms with Gasteiger partial charge in [-0.15, -0.1) is 0 Å². The molecular formula is C20H31N5O4. The number of carbonyl (C=O) groups excluding carboxylic acids is 2. The van der Waals surface area contributed by atoms with Gasteiger partial charge in [0.05, 0.1) is 11.2 Å². The maximum absolute atomic E-state index is 12.9. The summed E-state index contributed by atoms with van der Waals surface area (Å²) in [5.41, 5.74) is 6.34. The molecular weight excluding hydrogens is 374 g/mol. The molecule has 1 amide bonds. The average Bonchev–Trinajstić information content (AvgIpc) is 2.92. The predicted octanol–water partition coefficient (Wildman–Crippen LogP) is 3.36. The first-order valence-corrected chi connectivity index (χ1v) is 9.47. The molecule has 0 radical (unpaired) electrons. The van der Waals surface area contributed by atoms with Crippen LogP contribution in [0.25, 0.3) is 11.0 Å². The highest BCUT2D eigenvalue weighted by Gasteiger charge is 2.25. The molecule has 160 valence electrons. The first-order valence-electron chi connectivity index (χ1n) is 9.47. The molecule has 0 aliphatic heterocycles. The summed E-state index contributed by atoms with van der Waals surface area (Å²) in [5.74, 6) is 0.373. The second kappa shape index (κ2) is 8.18. The lowest BCUT2D eigenvalue weighted by molar-refractivity contribution is 0.0520. The summed E-state index contributed by atoms with van der Waals surface area (Å²) in [7, 11) is 1.77. The van der Waals surface area contributed by atoms with Crippen LogP contribution in [0.1, 0.15) is 41.5 Å². The lowest BCUT2D eigenvalue weighted by atomic mass is 10.2. The normalized spacial score (nSPS) is 12.0. The Labute approximate surface area is 171 Å².